The van der Waals surface area contributed by atoms with Crippen molar-refractivity contribution in [1.29, 1.82) is 0 Å². The molecule has 0 spiro atoms. The fourth-order valence-electron chi connectivity index (χ4n) is 3.42. The molecule has 27 heavy (non-hydrogen) atoms. The molecular formula is C20H20N2O5. The molecule has 7 nitrogen and oxygen atoms in total. The van der Waals surface area contributed by atoms with Gasteiger partial charge in [-0.2, -0.15) is 0 Å². The van der Waals surface area contributed by atoms with Gasteiger partial charge in [-0.25, -0.2) is 0 Å². The molecule has 1 aromatic heterocycles. The summed E-state index contributed by atoms with van der Waals surface area (Å²) in [6.45, 7) is 1.84. The molecule has 7 heteroatoms. The molecule has 1 heterocycles. The molecule has 1 aliphatic carbocycles. The van der Waals surface area contributed by atoms with Crippen LogP contribution in [-0.4, -0.2) is 27.8 Å². The third-order valence-corrected chi connectivity index (χ3v) is 4.72. The van der Waals surface area contributed by atoms with Crippen LogP contribution in [-0.2, 0) is 28.9 Å². The van der Waals surface area contributed by atoms with E-state index in [0.717, 1.165) is 27.9 Å². The second kappa shape index (κ2) is 7.57. The first-order valence-electron chi connectivity index (χ1n) is 8.58. The standard InChI is InChI=1S/C20H20N2O5/c1-20(13-27-22(25)26)8-7-17-15(12-20)6-5-14(18(17)11-19(23)24)10-16-4-2-3-9-21-16/h2-9H,10-13H2,1H3,(H,23,24). The molecule has 1 aromatic carbocycles. The Morgan fingerprint density at radius 2 is 2.19 bits per heavy atom. The van der Waals surface area contributed by atoms with Crippen LogP contribution in [0.1, 0.15) is 34.9 Å². The maximum Gasteiger partial charge on any atom is 0.307 e. The van der Waals surface area contributed by atoms with Gasteiger partial charge in [-0.3, -0.25) is 9.78 Å². The molecule has 0 bridgehead atoms. The zero-order chi connectivity index (χ0) is 19.4. The lowest BCUT2D eigenvalue weighted by Crippen LogP contribution is -2.28. The molecule has 3 rings (SSSR count). The molecule has 0 amide bonds. The lowest BCUT2D eigenvalue weighted by Gasteiger charge is -2.30. The number of carboxylic acid groups (broad SMARTS) is 1. The summed E-state index contributed by atoms with van der Waals surface area (Å²) in [5, 5.41) is 19.1. The van der Waals surface area contributed by atoms with Gasteiger partial charge in [0, 0.05) is 23.7 Å². The highest BCUT2D eigenvalue weighted by Gasteiger charge is 2.29. The molecule has 1 atom stereocenters. The molecule has 2 aromatic rings. The summed E-state index contributed by atoms with van der Waals surface area (Å²) in [6.07, 6.45) is 6.45. The summed E-state index contributed by atoms with van der Waals surface area (Å²) in [7, 11) is 0. The summed E-state index contributed by atoms with van der Waals surface area (Å²) in [5.74, 6) is -0.899. The Labute approximate surface area is 156 Å². The fourth-order valence-corrected chi connectivity index (χ4v) is 3.42. The molecule has 0 saturated carbocycles. The fraction of sp³-hybridized carbons (Fsp3) is 0.300. The summed E-state index contributed by atoms with van der Waals surface area (Å²) in [6, 6.07) is 9.54. The van der Waals surface area contributed by atoms with E-state index in [2.05, 4.69) is 9.82 Å². The Hall–Kier alpha value is -3.22. The maximum atomic E-state index is 11.4. The average Bonchev–Trinajstić information content (AvgIpc) is 2.62. The topological polar surface area (TPSA) is 103 Å². The van der Waals surface area contributed by atoms with E-state index in [-0.39, 0.29) is 13.0 Å². The van der Waals surface area contributed by atoms with Crippen molar-refractivity contribution < 1.29 is 19.8 Å². The van der Waals surface area contributed by atoms with Crippen molar-refractivity contribution >= 4 is 12.0 Å². The van der Waals surface area contributed by atoms with Crippen molar-refractivity contribution in [2.75, 3.05) is 6.61 Å². The van der Waals surface area contributed by atoms with Crippen LogP contribution in [0.4, 0.5) is 0 Å². The molecular weight excluding hydrogens is 348 g/mol. The van der Waals surface area contributed by atoms with Gasteiger partial charge in [-0.15, -0.1) is 10.1 Å². The Kier molecular flexibility index (Phi) is 5.21. The molecule has 140 valence electrons. The van der Waals surface area contributed by atoms with E-state index >= 15 is 0 Å². The van der Waals surface area contributed by atoms with Crippen LogP contribution in [0, 0.1) is 15.5 Å². The van der Waals surface area contributed by atoms with E-state index in [9.17, 15) is 20.0 Å². The number of hydrogen-bond acceptors (Lipinski definition) is 5. The average molecular weight is 368 g/mol. The smallest absolute Gasteiger partial charge is 0.307 e. The number of aliphatic carboxylic acids is 1. The quantitative estimate of drug-likeness (QED) is 0.595. The van der Waals surface area contributed by atoms with E-state index in [4.69, 9.17) is 0 Å². The zero-order valence-corrected chi connectivity index (χ0v) is 14.9. The monoisotopic (exact) mass is 368 g/mol. The molecule has 1 N–H and O–H groups in total. The maximum absolute atomic E-state index is 11.4. The third-order valence-electron chi connectivity index (χ3n) is 4.72. The van der Waals surface area contributed by atoms with Gasteiger partial charge in [0.25, 0.3) is 5.09 Å². The first-order valence-corrected chi connectivity index (χ1v) is 8.58. The van der Waals surface area contributed by atoms with Crippen molar-refractivity contribution in [3.05, 3.63) is 80.7 Å². The number of benzene rings is 1. The van der Waals surface area contributed by atoms with Gasteiger partial charge < -0.3 is 9.94 Å². The van der Waals surface area contributed by atoms with Crippen LogP contribution in [0.25, 0.3) is 6.08 Å². The number of fused-ring (bicyclic) bond motifs is 1. The number of nitrogens with zero attached hydrogens (tertiary/aromatic N) is 2. The number of hydrogen-bond donors (Lipinski definition) is 1. The first-order chi connectivity index (χ1) is 12.9. The third kappa shape index (κ3) is 4.49. The number of rotatable bonds is 7. The van der Waals surface area contributed by atoms with Gasteiger partial charge in [0.15, 0.2) is 0 Å². The summed E-state index contributed by atoms with van der Waals surface area (Å²) < 4.78 is 0. The molecule has 0 saturated heterocycles. The van der Waals surface area contributed by atoms with Gasteiger partial charge in [0.2, 0.25) is 0 Å². The van der Waals surface area contributed by atoms with Crippen molar-refractivity contribution in [1.82, 2.24) is 4.98 Å². The minimum Gasteiger partial charge on any atom is -0.481 e. The van der Waals surface area contributed by atoms with Gasteiger partial charge in [0.1, 0.15) is 6.61 Å². The molecule has 0 fully saturated rings. The number of carbonyl (C=O) groups is 1. The van der Waals surface area contributed by atoms with Gasteiger partial charge in [-0.05, 0) is 40.8 Å². The van der Waals surface area contributed by atoms with E-state index < -0.39 is 16.5 Å². The second-order valence-corrected chi connectivity index (χ2v) is 7.01. The predicted molar refractivity (Wildman–Crippen MR) is 98.6 cm³/mol. The molecule has 1 aliphatic rings. The van der Waals surface area contributed by atoms with Crippen LogP contribution in [0.2, 0.25) is 0 Å². The minimum absolute atomic E-state index is 0.0418. The lowest BCUT2D eigenvalue weighted by atomic mass is 9.76. The highest BCUT2D eigenvalue weighted by atomic mass is 16.9. The van der Waals surface area contributed by atoms with Crippen molar-refractivity contribution in [2.45, 2.75) is 26.2 Å². The normalized spacial score (nSPS) is 18.0. The van der Waals surface area contributed by atoms with Crippen LogP contribution in [0.5, 0.6) is 0 Å². The minimum atomic E-state index is -0.899. The second-order valence-electron chi connectivity index (χ2n) is 7.01. The zero-order valence-electron chi connectivity index (χ0n) is 14.9. The number of carboxylic acids is 1. The molecule has 0 radical (unpaired) electrons. The van der Waals surface area contributed by atoms with Gasteiger partial charge in [-0.1, -0.05) is 37.3 Å². The Morgan fingerprint density at radius 3 is 2.85 bits per heavy atom. The van der Waals surface area contributed by atoms with Gasteiger partial charge in [0.05, 0.1) is 6.42 Å². The summed E-state index contributed by atoms with van der Waals surface area (Å²) >= 11 is 0. The van der Waals surface area contributed by atoms with Gasteiger partial charge >= 0.3 is 5.97 Å². The molecule has 1 unspecified atom stereocenters. The molecule has 0 aliphatic heterocycles. The van der Waals surface area contributed by atoms with E-state index in [0.29, 0.717) is 12.8 Å². The van der Waals surface area contributed by atoms with Crippen molar-refractivity contribution in [3.63, 3.8) is 0 Å². The highest BCUT2D eigenvalue weighted by molar-refractivity contribution is 5.75. The summed E-state index contributed by atoms with van der Waals surface area (Å²) in [5.41, 5.74) is 3.89. The number of aromatic nitrogens is 1. The largest absolute Gasteiger partial charge is 0.481 e. The first kappa shape index (κ1) is 18.6. The van der Waals surface area contributed by atoms with Crippen LogP contribution in [0.3, 0.4) is 0 Å². The van der Waals surface area contributed by atoms with Crippen LogP contribution >= 0.6 is 0 Å². The Bertz CT molecular complexity index is 895. The van der Waals surface area contributed by atoms with Crippen molar-refractivity contribution in [2.24, 2.45) is 5.41 Å². The van der Waals surface area contributed by atoms with Crippen molar-refractivity contribution in [3.8, 4) is 0 Å². The summed E-state index contributed by atoms with van der Waals surface area (Å²) in [4.78, 5) is 30.8. The van der Waals surface area contributed by atoms with E-state index in [1.54, 1.807) is 6.20 Å². The lowest BCUT2D eigenvalue weighted by molar-refractivity contribution is -0.760. The Morgan fingerprint density at radius 1 is 1.37 bits per heavy atom. The Balaban J connectivity index is 1.95. The number of pyridine rings is 1. The van der Waals surface area contributed by atoms with E-state index in [1.807, 2.05) is 49.4 Å². The van der Waals surface area contributed by atoms with Crippen LogP contribution < -0.4 is 0 Å². The highest BCUT2D eigenvalue weighted by Crippen LogP contribution is 2.36. The predicted octanol–water partition coefficient (Wildman–Crippen LogP) is 3.08. The van der Waals surface area contributed by atoms with Crippen LogP contribution in [0.15, 0.2) is 42.6 Å². The SMILES string of the molecule is CC1(CO[N+](=O)[O-])C=Cc2c(ccc(Cc3ccccn3)c2CC(=O)O)C1. The van der Waals surface area contributed by atoms with E-state index in [1.165, 1.54) is 0 Å².